The van der Waals surface area contributed by atoms with Gasteiger partial charge in [0.25, 0.3) is 10.0 Å². The van der Waals surface area contributed by atoms with Crippen LogP contribution in [0.3, 0.4) is 0 Å². The molecule has 3 N–H and O–H groups in total. The number of nitrogens with one attached hydrogen (secondary N) is 1. The molecular formula is C12H19N3O2S. The van der Waals surface area contributed by atoms with Gasteiger partial charge in [-0.05, 0) is 31.9 Å². The zero-order valence-electron chi connectivity index (χ0n) is 10.5. The maximum absolute atomic E-state index is 12.2. The van der Waals surface area contributed by atoms with Gasteiger partial charge in [-0.1, -0.05) is 18.9 Å². The first-order chi connectivity index (χ1) is 8.49. The summed E-state index contributed by atoms with van der Waals surface area (Å²) in [5.41, 5.74) is 6.63. The number of hydrogen-bond donors (Lipinski definition) is 2. The van der Waals surface area contributed by atoms with Gasteiger partial charge in [-0.15, -0.1) is 0 Å². The summed E-state index contributed by atoms with van der Waals surface area (Å²) in [6.07, 6.45) is 3.75. The van der Waals surface area contributed by atoms with Gasteiger partial charge in [0.15, 0.2) is 5.03 Å². The molecule has 2 rings (SSSR count). The summed E-state index contributed by atoms with van der Waals surface area (Å²) >= 11 is 0. The highest BCUT2D eigenvalue weighted by molar-refractivity contribution is 7.89. The van der Waals surface area contributed by atoms with Crippen molar-refractivity contribution in [1.82, 2.24) is 9.71 Å². The highest BCUT2D eigenvalue weighted by atomic mass is 32.2. The maximum Gasteiger partial charge on any atom is 0.258 e. The fraction of sp³-hybridized carbons (Fsp3) is 0.583. The molecule has 18 heavy (non-hydrogen) atoms. The second-order valence-corrected chi connectivity index (χ2v) is 6.45. The molecule has 1 fully saturated rings. The van der Waals surface area contributed by atoms with E-state index in [1.807, 2.05) is 0 Å². The lowest BCUT2D eigenvalue weighted by molar-refractivity contribution is 0.361. The summed E-state index contributed by atoms with van der Waals surface area (Å²) in [5, 5.41) is 0.0697. The number of aryl methyl sites for hydroxylation is 1. The topological polar surface area (TPSA) is 85.1 Å². The Morgan fingerprint density at radius 1 is 1.33 bits per heavy atom. The minimum absolute atomic E-state index is 0.0697. The Morgan fingerprint density at radius 3 is 2.72 bits per heavy atom. The predicted octanol–water partition coefficient (Wildman–Crippen LogP) is 0.938. The third-order valence-corrected chi connectivity index (χ3v) is 4.66. The molecule has 0 aliphatic heterocycles. The van der Waals surface area contributed by atoms with Crippen LogP contribution in [0.15, 0.2) is 23.2 Å². The second kappa shape index (κ2) is 5.34. The van der Waals surface area contributed by atoms with Gasteiger partial charge in [0.2, 0.25) is 0 Å². The molecule has 2 atom stereocenters. The fourth-order valence-corrected chi connectivity index (χ4v) is 3.57. The molecule has 5 nitrogen and oxygen atoms in total. The molecule has 1 aliphatic carbocycles. The van der Waals surface area contributed by atoms with Crippen LogP contribution in [0.2, 0.25) is 0 Å². The molecule has 0 spiro atoms. The quantitative estimate of drug-likeness (QED) is 0.855. The van der Waals surface area contributed by atoms with Crippen LogP contribution in [0.25, 0.3) is 0 Å². The molecule has 1 saturated carbocycles. The average molecular weight is 269 g/mol. The Balaban J connectivity index is 2.16. The molecule has 1 aliphatic rings. The van der Waals surface area contributed by atoms with E-state index in [-0.39, 0.29) is 17.1 Å². The molecular weight excluding hydrogens is 250 g/mol. The number of nitrogens with two attached hydrogens (primary N) is 1. The third-order valence-electron chi connectivity index (χ3n) is 3.26. The van der Waals surface area contributed by atoms with Crippen molar-refractivity contribution in [1.29, 1.82) is 0 Å². The maximum atomic E-state index is 12.2. The minimum atomic E-state index is -3.56. The van der Waals surface area contributed by atoms with Gasteiger partial charge in [-0.25, -0.2) is 18.1 Å². The van der Waals surface area contributed by atoms with Crippen LogP contribution in [-0.2, 0) is 10.0 Å². The summed E-state index contributed by atoms with van der Waals surface area (Å²) in [6.45, 7) is 1.77. The van der Waals surface area contributed by atoms with Crippen molar-refractivity contribution < 1.29 is 8.42 Å². The zero-order chi connectivity index (χ0) is 13.2. The van der Waals surface area contributed by atoms with Crippen LogP contribution < -0.4 is 10.5 Å². The summed E-state index contributed by atoms with van der Waals surface area (Å²) < 4.78 is 27.0. The highest BCUT2D eigenvalue weighted by Gasteiger charge is 2.27. The van der Waals surface area contributed by atoms with Crippen molar-refractivity contribution in [2.75, 3.05) is 0 Å². The largest absolute Gasteiger partial charge is 0.326 e. The van der Waals surface area contributed by atoms with Crippen LogP contribution in [0.4, 0.5) is 0 Å². The lowest BCUT2D eigenvalue weighted by Gasteiger charge is -2.28. The van der Waals surface area contributed by atoms with Gasteiger partial charge >= 0.3 is 0 Å². The summed E-state index contributed by atoms with van der Waals surface area (Å²) in [7, 11) is -3.56. The summed E-state index contributed by atoms with van der Waals surface area (Å²) in [6, 6.07) is 4.69. The predicted molar refractivity (Wildman–Crippen MR) is 69.5 cm³/mol. The third kappa shape index (κ3) is 3.07. The van der Waals surface area contributed by atoms with E-state index < -0.39 is 10.0 Å². The van der Waals surface area contributed by atoms with Crippen molar-refractivity contribution in [2.24, 2.45) is 5.73 Å². The Bertz CT molecular complexity index is 516. The number of hydrogen-bond acceptors (Lipinski definition) is 4. The monoisotopic (exact) mass is 269 g/mol. The van der Waals surface area contributed by atoms with Gasteiger partial charge in [-0.2, -0.15) is 0 Å². The number of nitrogens with zero attached hydrogens (tertiary/aromatic N) is 1. The van der Waals surface area contributed by atoms with Crippen molar-refractivity contribution in [3.63, 3.8) is 0 Å². The van der Waals surface area contributed by atoms with E-state index in [1.54, 1.807) is 19.1 Å². The molecule has 1 heterocycles. The van der Waals surface area contributed by atoms with E-state index in [0.29, 0.717) is 5.69 Å². The van der Waals surface area contributed by atoms with Gasteiger partial charge in [0, 0.05) is 17.8 Å². The molecule has 0 aromatic carbocycles. The first kappa shape index (κ1) is 13.5. The van der Waals surface area contributed by atoms with Crippen molar-refractivity contribution in [3.05, 3.63) is 23.9 Å². The molecule has 100 valence electrons. The van der Waals surface area contributed by atoms with Crippen LogP contribution in [0.5, 0.6) is 0 Å². The van der Waals surface area contributed by atoms with Crippen molar-refractivity contribution >= 4 is 10.0 Å². The minimum Gasteiger partial charge on any atom is -0.326 e. The van der Waals surface area contributed by atoms with E-state index in [9.17, 15) is 8.42 Å². The molecule has 0 amide bonds. The fourth-order valence-electron chi connectivity index (χ4n) is 2.23. The summed E-state index contributed by atoms with van der Waals surface area (Å²) in [4.78, 5) is 4.04. The van der Waals surface area contributed by atoms with Gasteiger partial charge in [0.1, 0.15) is 0 Å². The first-order valence-corrected chi connectivity index (χ1v) is 7.69. The van der Waals surface area contributed by atoms with Gasteiger partial charge in [-0.3, -0.25) is 0 Å². The second-order valence-electron chi connectivity index (χ2n) is 4.79. The van der Waals surface area contributed by atoms with Gasteiger partial charge < -0.3 is 5.73 Å². The van der Waals surface area contributed by atoms with Crippen molar-refractivity contribution in [3.8, 4) is 0 Å². The van der Waals surface area contributed by atoms with E-state index in [4.69, 9.17) is 5.73 Å². The van der Waals surface area contributed by atoms with Crippen LogP contribution in [0, 0.1) is 6.92 Å². The standard InChI is InChI=1S/C12H19N3O2S/c1-9-5-4-8-12(14-9)18(16,17)15-11-7-3-2-6-10(11)13/h4-5,8,10-11,15H,2-3,6-7,13H2,1H3/t10-,11-/m0/s1. The van der Waals surface area contributed by atoms with Crippen molar-refractivity contribution in [2.45, 2.75) is 49.7 Å². The molecule has 0 unspecified atom stereocenters. The Kier molecular flexibility index (Phi) is 3.99. The number of pyridine rings is 1. The molecule has 0 saturated heterocycles. The Morgan fingerprint density at radius 2 is 2.06 bits per heavy atom. The lowest BCUT2D eigenvalue weighted by Crippen LogP contribution is -2.49. The summed E-state index contributed by atoms with van der Waals surface area (Å²) in [5.74, 6) is 0. The average Bonchev–Trinajstić information content (AvgIpc) is 2.32. The Hall–Kier alpha value is -0.980. The number of rotatable bonds is 3. The molecule has 6 heteroatoms. The van der Waals surface area contributed by atoms with E-state index in [0.717, 1.165) is 25.7 Å². The zero-order valence-corrected chi connectivity index (χ0v) is 11.3. The van der Waals surface area contributed by atoms with Crippen LogP contribution in [0.1, 0.15) is 31.4 Å². The first-order valence-electron chi connectivity index (χ1n) is 6.20. The van der Waals surface area contributed by atoms with E-state index in [1.165, 1.54) is 6.07 Å². The van der Waals surface area contributed by atoms with E-state index >= 15 is 0 Å². The Labute approximate surface area is 108 Å². The van der Waals surface area contributed by atoms with Gasteiger partial charge in [0.05, 0.1) is 0 Å². The normalized spacial score (nSPS) is 25.0. The lowest BCUT2D eigenvalue weighted by atomic mass is 9.92. The van der Waals surface area contributed by atoms with Crippen LogP contribution in [-0.4, -0.2) is 25.5 Å². The molecule has 1 aromatic heterocycles. The molecule has 1 aromatic rings. The van der Waals surface area contributed by atoms with E-state index in [2.05, 4.69) is 9.71 Å². The number of aromatic nitrogens is 1. The molecule has 0 bridgehead atoms. The molecule has 0 radical (unpaired) electrons. The van der Waals surface area contributed by atoms with Crippen LogP contribution >= 0.6 is 0 Å². The number of sulfonamides is 1. The SMILES string of the molecule is Cc1cccc(S(=O)(=O)N[C@H]2CCCC[C@@H]2N)n1. The highest BCUT2D eigenvalue weighted by Crippen LogP contribution is 2.19. The smallest absolute Gasteiger partial charge is 0.258 e.